The van der Waals surface area contributed by atoms with Crippen LogP contribution in [0, 0.1) is 0 Å². The monoisotopic (exact) mass is 362 g/mol. The van der Waals surface area contributed by atoms with E-state index in [0.717, 1.165) is 0 Å². The Morgan fingerprint density at radius 1 is 1.00 bits per heavy atom. The molecular formula is C18H19ClN2O4. The number of amides is 2. The van der Waals surface area contributed by atoms with Gasteiger partial charge in [-0.2, -0.15) is 0 Å². The van der Waals surface area contributed by atoms with E-state index in [9.17, 15) is 9.59 Å². The lowest BCUT2D eigenvalue weighted by Gasteiger charge is -2.13. The van der Waals surface area contributed by atoms with E-state index in [1.54, 1.807) is 43.3 Å². The van der Waals surface area contributed by atoms with Gasteiger partial charge in [0.1, 0.15) is 11.5 Å². The van der Waals surface area contributed by atoms with E-state index >= 15 is 0 Å². The van der Waals surface area contributed by atoms with E-state index in [0.29, 0.717) is 39.9 Å². The van der Waals surface area contributed by atoms with Crippen LogP contribution < -0.4 is 20.1 Å². The maximum Gasteiger partial charge on any atom is 0.255 e. The number of ether oxygens (including phenoxy) is 2. The molecule has 0 aliphatic heterocycles. The Bertz CT molecular complexity index is 775. The Morgan fingerprint density at radius 2 is 1.64 bits per heavy atom. The van der Waals surface area contributed by atoms with Gasteiger partial charge in [0, 0.05) is 29.8 Å². The molecule has 0 aliphatic carbocycles. The van der Waals surface area contributed by atoms with Gasteiger partial charge in [-0.25, -0.2) is 0 Å². The first-order valence-corrected chi connectivity index (χ1v) is 7.99. The molecule has 2 amide bonds. The highest BCUT2D eigenvalue weighted by Gasteiger charge is 2.14. The first-order valence-electron chi connectivity index (χ1n) is 7.61. The lowest BCUT2D eigenvalue weighted by Crippen LogP contribution is -2.13. The Morgan fingerprint density at radius 3 is 2.20 bits per heavy atom. The molecule has 132 valence electrons. The van der Waals surface area contributed by atoms with Gasteiger partial charge >= 0.3 is 0 Å². The molecule has 0 radical (unpaired) electrons. The molecule has 6 nitrogen and oxygen atoms in total. The van der Waals surface area contributed by atoms with Gasteiger partial charge in [0.15, 0.2) is 0 Å². The molecule has 0 aromatic heterocycles. The van der Waals surface area contributed by atoms with E-state index in [1.165, 1.54) is 14.2 Å². The van der Waals surface area contributed by atoms with Crippen LogP contribution in [-0.2, 0) is 4.79 Å². The van der Waals surface area contributed by atoms with Crippen LogP contribution in [0.25, 0.3) is 0 Å². The molecule has 0 spiro atoms. The molecule has 0 bridgehead atoms. The molecule has 0 heterocycles. The molecule has 2 rings (SSSR count). The maximum atomic E-state index is 12.4. The van der Waals surface area contributed by atoms with Crippen molar-refractivity contribution in [3.05, 3.63) is 47.0 Å². The Balaban J connectivity index is 2.18. The Hall–Kier alpha value is -2.73. The number of hydrogen-bond donors (Lipinski definition) is 2. The summed E-state index contributed by atoms with van der Waals surface area (Å²) in [6.45, 7) is 1.77. The standard InChI is InChI=1S/C18H19ClN2O4/c1-4-17(22)20-12-7-5-11(6-8-12)18(23)21-14-10-15(24-2)13(19)9-16(14)25-3/h5-10H,4H2,1-3H3,(H,20,22)(H,21,23). The minimum absolute atomic E-state index is 0.0878. The summed E-state index contributed by atoms with van der Waals surface area (Å²) in [7, 11) is 2.97. The summed E-state index contributed by atoms with van der Waals surface area (Å²) in [5, 5.41) is 5.87. The quantitative estimate of drug-likeness (QED) is 0.815. The number of nitrogens with one attached hydrogen (secondary N) is 2. The van der Waals surface area contributed by atoms with E-state index in [1.807, 2.05) is 0 Å². The average molecular weight is 363 g/mol. The summed E-state index contributed by atoms with van der Waals surface area (Å²) >= 11 is 6.05. The molecule has 7 heteroatoms. The molecule has 0 saturated heterocycles. The topological polar surface area (TPSA) is 76.7 Å². The molecule has 2 aromatic rings. The van der Waals surface area contributed by atoms with Gasteiger partial charge in [0.05, 0.1) is 24.9 Å². The summed E-state index contributed by atoms with van der Waals surface area (Å²) in [5.74, 6) is 0.438. The van der Waals surface area contributed by atoms with Crippen molar-refractivity contribution in [1.82, 2.24) is 0 Å². The van der Waals surface area contributed by atoms with Gasteiger partial charge in [0.25, 0.3) is 5.91 Å². The van der Waals surface area contributed by atoms with Crippen molar-refractivity contribution in [1.29, 1.82) is 0 Å². The highest BCUT2D eigenvalue weighted by molar-refractivity contribution is 6.32. The first-order chi connectivity index (χ1) is 12.0. The SMILES string of the molecule is CCC(=O)Nc1ccc(C(=O)Nc2cc(OC)c(Cl)cc2OC)cc1. The van der Waals surface area contributed by atoms with Crippen molar-refractivity contribution < 1.29 is 19.1 Å². The maximum absolute atomic E-state index is 12.4. The first kappa shape index (κ1) is 18.6. The Labute approximate surface area is 151 Å². The van der Waals surface area contributed by atoms with Crippen LogP contribution in [0.2, 0.25) is 5.02 Å². The molecule has 0 fully saturated rings. The highest BCUT2D eigenvalue weighted by atomic mass is 35.5. The van der Waals surface area contributed by atoms with Crippen LogP contribution in [0.3, 0.4) is 0 Å². The number of methoxy groups -OCH3 is 2. The van der Waals surface area contributed by atoms with Crippen LogP contribution in [0.5, 0.6) is 11.5 Å². The van der Waals surface area contributed by atoms with Crippen LogP contribution in [0.1, 0.15) is 23.7 Å². The second-order valence-electron chi connectivity index (χ2n) is 5.12. The third-order valence-electron chi connectivity index (χ3n) is 3.47. The van der Waals surface area contributed by atoms with Gasteiger partial charge in [-0.15, -0.1) is 0 Å². The third-order valence-corrected chi connectivity index (χ3v) is 3.77. The van der Waals surface area contributed by atoms with E-state index < -0.39 is 0 Å². The molecule has 0 atom stereocenters. The molecular weight excluding hydrogens is 344 g/mol. The third kappa shape index (κ3) is 4.64. The smallest absolute Gasteiger partial charge is 0.255 e. The summed E-state index contributed by atoms with van der Waals surface area (Å²) in [6, 6.07) is 9.75. The van der Waals surface area contributed by atoms with Crippen molar-refractivity contribution in [3.63, 3.8) is 0 Å². The summed E-state index contributed by atoms with van der Waals surface area (Å²) in [6.07, 6.45) is 0.389. The number of carbonyl (C=O) groups is 2. The van der Waals surface area contributed by atoms with Crippen molar-refractivity contribution in [2.45, 2.75) is 13.3 Å². The van der Waals surface area contributed by atoms with E-state index in [-0.39, 0.29) is 11.8 Å². The fourth-order valence-corrected chi connectivity index (χ4v) is 2.34. The molecule has 0 unspecified atom stereocenters. The summed E-state index contributed by atoms with van der Waals surface area (Å²) in [4.78, 5) is 23.8. The van der Waals surface area contributed by atoms with Gasteiger partial charge in [-0.3, -0.25) is 9.59 Å². The molecule has 0 aliphatic rings. The zero-order chi connectivity index (χ0) is 18.4. The predicted molar refractivity (Wildman–Crippen MR) is 97.9 cm³/mol. The number of rotatable bonds is 6. The van der Waals surface area contributed by atoms with E-state index in [4.69, 9.17) is 21.1 Å². The van der Waals surface area contributed by atoms with Crippen molar-refractivity contribution in [2.75, 3.05) is 24.9 Å². The van der Waals surface area contributed by atoms with E-state index in [2.05, 4.69) is 10.6 Å². The lowest BCUT2D eigenvalue weighted by atomic mass is 10.1. The van der Waals surface area contributed by atoms with Crippen molar-refractivity contribution >= 4 is 34.8 Å². The van der Waals surface area contributed by atoms with Crippen molar-refractivity contribution in [2.24, 2.45) is 0 Å². The van der Waals surface area contributed by atoms with Crippen LogP contribution in [0.15, 0.2) is 36.4 Å². The fraction of sp³-hybridized carbons (Fsp3) is 0.222. The van der Waals surface area contributed by atoms with Crippen molar-refractivity contribution in [3.8, 4) is 11.5 Å². The zero-order valence-electron chi connectivity index (χ0n) is 14.2. The summed E-state index contributed by atoms with van der Waals surface area (Å²) < 4.78 is 10.4. The zero-order valence-corrected chi connectivity index (χ0v) is 14.9. The number of benzene rings is 2. The summed E-state index contributed by atoms with van der Waals surface area (Å²) in [5.41, 5.74) is 1.51. The number of carbonyl (C=O) groups excluding carboxylic acids is 2. The van der Waals surface area contributed by atoms with Gasteiger partial charge < -0.3 is 20.1 Å². The number of hydrogen-bond acceptors (Lipinski definition) is 4. The van der Waals surface area contributed by atoms with Crippen LogP contribution in [-0.4, -0.2) is 26.0 Å². The number of anilines is 2. The lowest BCUT2D eigenvalue weighted by molar-refractivity contribution is -0.115. The molecule has 25 heavy (non-hydrogen) atoms. The van der Waals surface area contributed by atoms with Gasteiger partial charge in [-0.05, 0) is 24.3 Å². The minimum Gasteiger partial charge on any atom is -0.495 e. The average Bonchev–Trinajstić information content (AvgIpc) is 2.63. The predicted octanol–water partition coefficient (Wildman–Crippen LogP) is 3.96. The second kappa shape index (κ2) is 8.39. The van der Waals surface area contributed by atoms with Crippen LogP contribution in [0.4, 0.5) is 11.4 Å². The largest absolute Gasteiger partial charge is 0.495 e. The molecule has 2 N–H and O–H groups in total. The molecule has 0 saturated carbocycles. The second-order valence-corrected chi connectivity index (χ2v) is 5.53. The fourth-order valence-electron chi connectivity index (χ4n) is 2.11. The normalized spacial score (nSPS) is 10.1. The minimum atomic E-state index is -0.323. The highest BCUT2D eigenvalue weighted by Crippen LogP contribution is 2.36. The van der Waals surface area contributed by atoms with Crippen LogP contribution >= 0.6 is 11.6 Å². The van der Waals surface area contributed by atoms with Gasteiger partial charge in [-0.1, -0.05) is 18.5 Å². The number of halogens is 1. The van der Waals surface area contributed by atoms with Gasteiger partial charge in [0.2, 0.25) is 5.91 Å². The molecule has 2 aromatic carbocycles. The Kier molecular flexibility index (Phi) is 6.25.